The number of nitrogens with one attached hydrogen (secondary N) is 3. The van der Waals surface area contributed by atoms with Crippen molar-refractivity contribution in [2.45, 2.75) is 19.0 Å². The fourth-order valence-corrected chi connectivity index (χ4v) is 4.71. The number of anilines is 3. The Morgan fingerprint density at radius 2 is 1.70 bits per heavy atom. The maximum atomic E-state index is 12.3. The highest BCUT2D eigenvalue weighted by atomic mass is 32.2. The van der Waals surface area contributed by atoms with Gasteiger partial charge >= 0.3 is 0 Å². The van der Waals surface area contributed by atoms with Gasteiger partial charge in [0.1, 0.15) is 4.83 Å². The number of aryl methyl sites for hydroxylation is 2. The van der Waals surface area contributed by atoms with Gasteiger partial charge in [-0.15, -0.1) is 11.3 Å². The van der Waals surface area contributed by atoms with Crippen LogP contribution in [0.15, 0.2) is 64.5 Å². The number of aromatic nitrogens is 2. The molecule has 2 aromatic carbocycles. The zero-order valence-corrected chi connectivity index (χ0v) is 18.1. The summed E-state index contributed by atoms with van der Waals surface area (Å²) in [5, 5.41) is 7.25. The number of fused-ring (bicyclic) bond motifs is 1. The van der Waals surface area contributed by atoms with Crippen molar-refractivity contribution >= 4 is 56.3 Å². The quantitative estimate of drug-likeness (QED) is 0.290. The number of para-hydroxylation sites is 1. The smallest absolute Gasteiger partial charge is 0.260 e. The standard InChI is InChI=1S/C22H20N4O2S2/c1-13-14(2)30-21-19(13)20(28)25-22(26-21)29-12-18(27)24-17-10-8-16(9-11-17)23-15-6-4-3-5-7-15/h3-11,23H,12H2,1-2H3,(H,24,27)(H,25,26,28). The molecule has 2 heterocycles. The third-order valence-electron chi connectivity index (χ3n) is 4.59. The van der Waals surface area contributed by atoms with E-state index in [0.717, 1.165) is 21.8 Å². The number of hydrogen-bond donors (Lipinski definition) is 3. The van der Waals surface area contributed by atoms with Gasteiger partial charge < -0.3 is 15.6 Å². The first-order valence-electron chi connectivity index (χ1n) is 9.34. The lowest BCUT2D eigenvalue weighted by molar-refractivity contribution is -0.113. The fraction of sp³-hybridized carbons (Fsp3) is 0.136. The number of thiophene rings is 1. The molecule has 8 heteroatoms. The molecule has 0 spiro atoms. The Balaban J connectivity index is 1.36. The second kappa shape index (κ2) is 8.73. The first-order chi connectivity index (χ1) is 14.5. The van der Waals surface area contributed by atoms with Gasteiger partial charge in [-0.25, -0.2) is 4.98 Å². The van der Waals surface area contributed by atoms with E-state index in [2.05, 4.69) is 20.6 Å². The number of carbonyl (C=O) groups is 1. The fourth-order valence-electron chi connectivity index (χ4n) is 2.96. The van der Waals surface area contributed by atoms with Crippen LogP contribution < -0.4 is 16.2 Å². The molecule has 0 atom stereocenters. The van der Waals surface area contributed by atoms with Crippen LogP contribution in [-0.2, 0) is 4.79 Å². The van der Waals surface area contributed by atoms with E-state index in [9.17, 15) is 9.59 Å². The maximum Gasteiger partial charge on any atom is 0.260 e. The summed E-state index contributed by atoms with van der Waals surface area (Å²) in [6.45, 7) is 3.90. The molecule has 0 aliphatic carbocycles. The minimum absolute atomic E-state index is 0.155. The van der Waals surface area contributed by atoms with Crippen molar-refractivity contribution in [2.75, 3.05) is 16.4 Å². The van der Waals surface area contributed by atoms with Crippen molar-refractivity contribution in [1.82, 2.24) is 9.97 Å². The van der Waals surface area contributed by atoms with E-state index in [0.29, 0.717) is 21.1 Å². The van der Waals surface area contributed by atoms with Crippen molar-refractivity contribution < 1.29 is 4.79 Å². The SMILES string of the molecule is Cc1sc2nc(SCC(=O)Nc3ccc(Nc4ccccc4)cc3)[nH]c(=O)c2c1C. The summed E-state index contributed by atoms with van der Waals surface area (Å²) in [6.07, 6.45) is 0. The summed E-state index contributed by atoms with van der Waals surface area (Å²) in [5.74, 6) is -0.00742. The number of H-pyrrole nitrogens is 1. The molecule has 0 fully saturated rings. The van der Waals surface area contributed by atoms with Crippen LogP contribution in [0.2, 0.25) is 0 Å². The van der Waals surface area contributed by atoms with E-state index in [1.807, 2.05) is 68.4 Å². The summed E-state index contributed by atoms with van der Waals surface area (Å²) < 4.78 is 0. The van der Waals surface area contributed by atoms with E-state index >= 15 is 0 Å². The number of thioether (sulfide) groups is 1. The molecular formula is C22H20N4O2S2. The summed E-state index contributed by atoms with van der Waals surface area (Å²) in [4.78, 5) is 33.7. The van der Waals surface area contributed by atoms with E-state index < -0.39 is 0 Å². The minimum atomic E-state index is -0.162. The molecule has 6 nitrogen and oxygen atoms in total. The normalized spacial score (nSPS) is 10.9. The topological polar surface area (TPSA) is 86.9 Å². The Kier molecular flexibility index (Phi) is 5.87. The Morgan fingerprint density at radius 3 is 2.43 bits per heavy atom. The minimum Gasteiger partial charge on any atom is -0.356 e. The Labute approximate surface area is 181 Å². The van der Waals surface area contributed by atoms with Gasteiger partial charge in [0, 0.05) is 21.9 Å². The van der Waals surface area contributed by atoms with E-state index in [4.69, 9.17) is 0 Å². The molecule has 4 rings (SSSR count). The number of hydrogen-bond acceptors (Lipinski definition) is 6. The molecule has 2 aromatic heterocycles. The van der Waals surface area contributed by atoms with E-state index in [1.54, 1.807) is 0 Å². The highest BCUT2D eigenvalue weighted by Crippen LogP contribution is 2.27. The van der Waals surface area contributed by atoms with Crippen LogP contribution in [0, 0.1) is 13.8 Å². The Hall–Kier alpha value is -3.10. The van der Waals surface area contributed by atoms with Crippen LogP contribution >= 0.6 is 23.1 Å². The molecule has 1 amide bonds. The number of benzene rings is 2. The zero-order chi connectivity index (χ0) is 21.1. The lowest BCUT2D eigenvalue weighted by Crippen LogP contribution is -2.15. The van der Waals surface area contributed by atoms with Gasteiger partial charge in [0.15, 0.2) is 5.16 Å². The van der Waals surface area contributed by atoms with Gasteiger partial charge in [-0.1, -0.05) is 30.0 Å². The largest absolute Gasteiger partial charge is 0.356 e. The Bertz CT molecular complexity index is 1250. The molecule has 0 radical (unpaired) electrons. The van der Waals surface area contributed by atoms with Crippen LogP contribution in [-0.4, -0.2) is 21.6 Å². The highest BCUT2D eigenvalue weighted by molar-refractivity contribution is 7.99. The molecule has 4 aromatic rings. The predicted octanol–water partition coefficient (Wildman–Crippen LogP) is 5.08. The van der Waals surface area contributed by atoms with Crippen LogP contribution in [0.3, 0.4) is 0 Å². The monoisotopic (exact) mass is 436 g/mol. The van der Waals surface area contributed by atoms with Gasteiger partial charge in [0.05, 0.1) is 11.1 Å². The van der Waals surface area contributed by atoms with Gasteiger partial charge in [-0.05, 0) is 55.8 Å². The number of amides is 1. The third-order valence-corrected chi connectivity index (χ3v) is 6.56. The van der Waals surface area contributed by atoms with Crippen molar-refractivity contribution in [1.29, 1.82) is 0 Å². The lowest BCUT2D eigenvalue weighted by atomic mass is 10.2. The van der Waals surface area contributed by atoms with Gasteiger partial charge in [-0.2, -0.15) is 0 Å². The first kappa shape index (κ1) is 20.2. The lowest BCUT2D eigenvalue weighted by Gasteiger charge is -2.08. The van der Waals surface area contributed by atoms with Gasteiger partial charge in [0.2, 0.25) is 5.91 Å². The van der Waals surface area contributed by atoms with Crippen molar-refractivity contribution in [2.24, 2.45) is 0 Å². The molecule has 0 saturated heterocycles. The summed E-state index contributed by atoms with van der Waals surface area (Å²) in [7, 11) is 0. The number of nitrogens with zero attached hydrogens (tertiary/aromatic N) is 1. The number of carbonyl (C=O) groups excluding carboxylic acids is 1. The van der Waals surface area contributed by atoms with E-state index in [1.165, 1.54) is 23.1 Å². The highest BCUT2D eigenvalue weighted by Gasteiger charge is 2.13. The second-order valence-electron chi connectivity index (χ2n) is 6.74. The number of aromatic amines is 1. The van der Waals surface area contributed by atoms with Crippen LogP contribution in [0.25, 0.3) is 10.2 Å². The molecule has 0 aliphatic rings. The first-order valence-corrected chi connectivity index (χ1v) is 11.1. The average Bonchev–Trinajstić information content (AvgIpc) is 3.03. The van der Waals surface area contributed by atoms with Crippen LogP contribution in [0.5, 0.6) is 0 Å². The molecule has 0 saturated carbocycles. The van der Waals surface area contributed by atoms with Crippen LogP contribution in [0.4, 0.5) is 17.1 Å². The van der Waals surface area contributed by atoms with Crippen LogP contribution in [0.1, 0.15) is 10.4 Å². The zero-order valence-electron chi connectivity index (χ0n) is 16.5. The molecule has 0 aliphatic heterocycles. The molecule has 0 unspecified atom stereocenters. The van der Waals surface area contributed by atoms with Crippen molar-refractivity contribution in [3.8, 4) is 0 Å². The maximum absolute atomic E-state index is 12.3. The van der Waals surface area contributed by atoms with Gasteiger partial charge in [0.25, 0.3) is 5.56 Å². The van der Waals surface area contributed by atoms with Gasteiger partial charge in [-0.3, -0.25) is 9.59 Å². The second-order valence-corrected chi connectivity index (χ2v) is 8.91. The summed E-state index contributed by atoms with van der Waals surface area (Å²) >= 11 is 2.71. The Morgan fingerprint density at radius 1 is 1.03 bits per heavy atom. The van der Waals surface area contributed by atoms with E-state index in [-0.39, 0.29) is 17.2 Å². The van der Waals surface area contributed by atoms with Crippen molar-refractivity contribution in [3.63, 3.8) is 0 Å². The predicted molar refractivity (Wildman–Crippen MR) is 125 cm³/mol. The molecule has 152 valence electrons. The molecule has 3 N–H and O–H groups in total. The van der Waals surface area contributed by atoms with Crippen molar-refractivity contribution in [3.05, 3.63) is 75.4 Å². The molecular weight excluding hydrogens is 416 g/mol. The number of rotatable bonds is 6. The molecule has 30 heavy (non-hydrogen) atoms. The average molecular weight is 437 g/mol. The third kappa shape index (κ3) is 4.55. The summed E-state index contributed by atoms with van der Waals surface area (Å²) in [6, 6.07) is 17.4. The summed E-state index contributed by atoms with van der Waals surface area (Å²) in [5.41, 5.74) is 3.44. The molecule has 0 bridgehead atoms.